The quantitative estimate of drug-likeness (QED) is 0.565. The van der Waals surface area contributed by atoms with Gasteiger partial charge in [-0.1, -0.05) is 26.0 Å². The van der Waals surface area contributed by atoms with Gasteiger partial charge in [-0.25, -0.2) is 0 Å². The lowest BCUT2D eigenvalue weighted by Gasteiger charge is -2.12. The number of benzene rings is 1. The second-order valence-corrected chi connectivity index (χ2v) is 5.29. The molecule has 0 atom stereocenters. The molecule has 0 saturated carbocycles. The van der Waals surface area contributed by atoms with Gasteiger partial charge in [-0.3, -0.25) is 20.4 Å². The topological polar surface area (TPSA) is 70.2 Å². The third-order valence-corrected chi connectivity index (χ3v) is 3.06. The van der Waals surface area contributed by atoms with Crippen LogP contribution < -0.4 is 16.2 Å². The van der Waals surface area contributed by atoms with Crippen LogP contribution in [-0.4, -0.2) is 16.9 Å². The summed E-state index contributed by atoms with van der Waals surface area (Å²) in [6.45, 7) is 3.50. The first kappa shape index (κ1) is 15.6. The minimum atomic E-state index is -0.353. The fourth-order valence-corrected chi connectivity index (χ4v) is 1.73. The molecule has 0 aliphatic heterocycles. The first-order valence-corrected chi connectivity index (χ1v) is 6.77. The minimum Gasteiger partial charge on any atom is -0.302 e. The van der Waals surface area contributed by atoms with Crippen molar-refractivity contribution in [1.82, 2.24) is 16.2 Å². The Labute approximate surface area is 125 Å². The third-order valence-electron chi connectivity index (χ3n) is 2.17. The van der Waals surface area contributed by atoms with E-state index in [0.29, 0.717) is 10.0 Å². The predicted molar refractivity (Wildman–Crippen MR) is 80.3 cm³/mol. The molecular weight excluding hydrogens is 330 g/mol. The van der Waals surface area contributed by atoms with Crippen LogP contribution in [0.25, 0.3) is 0 Å². The van der Waals surface area contributed by atoms with E-state index >= 15 is 0 Å². The minimum absolute atomic E-state index is 0.0547. The number of thiocarbonyl (C=S) groups is 1. The number of rotatable bonds is 2. The molecule has 5 nitrogen and oxygen atoms in total. The lowest BCUT2D eigenvalue weighted by atomic mass is 10.2. The fourth-order valence-electron chi connectivity index (χ4n) is 1.11. The van der Waals surface area contributed by atoms with E-state index < -0.39 is 0 Å². The fraction of sp³-hybridized carbons (Fsp3) is 0.250. The van der Waals surface area contributed by atoms with Gasteiger partial charge in [0, 0.05) is 10.4 Å². The SMILES string of the molecule is CC(C)C(=O)NC(=S)NNC(=O)c1ccccc1Br. The van der Waals surface area contributed by atoms with E-state index in [1.807, 2.05) is 6.07 Å². The summed E-state index contributed by atoms with van der Waals surface area (Å²) in [5, 5.41) is 2.51. The highest BCUT2D eigenvalue weighted by Crippen LogP contribution is 2.14. The summed E-state index contributed by atoms with van der Waals surface area (Å²) in [5.41, 5.74) is 5.35. The van der Waals surface area contributed by atoms with Crippen molar-refractivity contribution in [2.45, 2.75) is 13.8 Å². The first-order chi connectivity index (χ1) is 8.91. The van der Waals surface area contributed by atoms with Gasteiger partial charge in [0.1, 0.15) is 0 Å². The van der Waals surface area contributed by atoms with Gasteiger partial charge in [0.05, 0.1) is 5.56 Å². The first-order valence-electron chi connectivity index (χ1n) is 5.57. The number of amides is 2. The molecular formula is C12H14BrN3O2S. The number of hydrazine groups is 1. The Balaban J connectivity index is 2.49. The normalized spacial score (nSPS) is 9.89. The summed E-state index contributed by atoms with van der Waals surface area (Å²) in [6, 6.07) is 6.98. The van der Waals surface area contributed by atoms with Gasteiger partial charge in [0.2, 0.25) is 5.91 Å². The standard InChI is InChI=1S/C12H14BrN3O2S/c1-7(2)10(17)14-12(19)16-15-11(18)8-5-3-4-6-9(8)13/h3-7H,1-2H3,(H,15,18)(H2,14,16,17,19). The maximum absolute atomic E-state index is 11.8. The second kappa shape index (κ2) is 7.20. The molecule has 2 amide bonds. The average molecular weight is 344 g/mol. The smallest absolute Gasteiger partial charge is 0.270 e. The lowest BCUT2D eigenvalue weighted by molar-refractivity contribution is -0.122. The summed E-state index contributed by atoms with van der Waals surface area (Å²) in [7, 11) is 0. The maximum Gasteiger partial charge on any atom is 0.270 e. The predicted octanol–water partition coefficient (Wildman–Crippen LogP) is 1.74. The molecule has 19 heavy (non-hydrogen) atoms. The molecule has 0 spiro atoms. The zero-order valence-corrected chi connectivity index (χ0v) is 12.9. The average Bonchev–Trinajstić information content (AvgIpc) is 2.36. The van der Waals surface area contributed by atoms with Gasteiger partial charge in [0.15, 0.2) is 5.11 Å². The van der Waals surface area contributed by atoms with Gasteiger partial charge >= 0.3 is 0 Å². The number of hydrogen-bond acceptors (Lipinski definition) is 3. The van der Waals surface area contributed by atoms with E-state index in [9.17, 15) is 9.59 Å². The van der Waals surface area contributed by atoms with Gasteiger partial charge in [-0.05, 0) is 40.3 Å². The highest BCUT2D eigenvalue weighted by Gasteiger charge is 2.11. The Bertz CT molecular complexity index is 506. The molecule has 0 aromatic heterocycles. The van der Waals surface area contributed by atoms with E-state index in [1.54, 1.807) is 32.0 Å². The summed E-state index contributed by atoms with van der Waals surface area (Å²) in [6.07, 6.45) is 0. The Kier molecular flexibility index (Phi) is 5.91. The molecule has 7 heteroatoms. The van der Waals surface area contributed by atoms with Crippen LogP contribution in [-0.2, 0) is 4.79 Å². The summed E-state index contributed by atoms with van der Waals surface area (Å²) < 4.78 is 0.673. The largest absolute Gasteiger partial charge is 0.302 e. The number of carbonyl (C=O) groups is 2. The number of hydrogen-bond donors (Lipinski definition) is 3. The molecule has 0 aliphatic rings. The van der Waals surface area contributed by atoms with Crippen molar-refractivity contribution >= 4 is 45.1 Å². The van der Waals surface area contributed by atoms with Crippen LogP contribution in [0.4, 0.5) is 0 Å². The number of nitrogens with one attached hydrogen (secondary N) is 3. The van der Waals surface area contributed by atoms with Crippen LogP contribution >= 0.6 is 28.1 Å². The van der Waals surface area contributed by atoms with Crippen LogP contribution in [0.2, 0.25) is 0 Å². The molecule has 1 aromatic carbocycles. The Morgan fingerprint density at radius 1 is 1.21 bits per heavy atom. The van der Waals surface area contributed by atoms with Crippen LogP contribution in [0.1, 0.15) is 24.2 Å². The highest BCUT2D eigenvalue weighted by atomic mass is 79.9. The molecule has 3 N–H and O–H groups in total. The van der Waals surface area contributed by atoms with Gasteiger partial charge in [0.25, 0.3) is 5.91 Å². The number of carbonyl (C=O) groups excluding carboxylic acids is 2. The Hall–Kier alpha value is -1.47. The summed E-state index contributed by atoms with van der Waals surface area (Å²) >= 11 is 8.15. The van der Waals surface area contributed by atoms with Crippen molar-refractivity contribution in [3.8, 4) is 0 Å². The zero-order chi connectivity index (χ0) is 14.4. The third kappa shape index (κ3) is 4.96. The Morgan fingerprint density at radius 2 is 1.84 bits per heavy atom. The highest BCUT2D eigenvalue weighted by molar-refractivity contribution is 9.10. The van der Waals surface area contributed by atoms with E-state index in [2.05, 4.69) is 32.1 Å². The molecule has 0 saturated heterocycles. The summed E-state index contributed by atoms with van der Waals surface area (Å²) in [4.78, 5) is 23.2. The molecule has 0 unspecified atom stereocenters. The molecule has 0 bridgehead atoms. The van der Waals surface area contributed by atoms with E-state index in [-0.39, 0.29) is 22.8 Å². The van der Waals surface area contributed by atoms with E-state index in [1.165, 1.54) is 0 Å². The molecule has 1 rings (SSSR count). The van der Waals surface area contributed by atoms with Crippen molar-refractivity contribution in [2.24, 2.45) is 5.92 Å². The molecule has 0 aliphatic carbocycles. The Morgan fingerprint density at radius 3 is 2.42 bits per heavy atom. The van der Waals surface area contributed by atoms with Crippen molar-refractivity contribution in [3.05, 3.63) is 34.3 Å². The van der Waals surface area contributed by atoms with Gasteiger partial charge < -0.3 is 5.32 Å². The van der Waals surface area contributed by atoms with Gasteiger partial charge in [-0.2, -0.15) is 0 Å². The van der Waals surface area contributed by atoms with Crippen molar-refractivity contribution in [1.29, 1.82) is 0 Å². The van der Waals surface area contributed by atoms with Crippen molar-refractivity contribution < 1.29 is 9.59 Å². The molecule has 0 radical (unpaired) electrons. The van der Waals surface area contributed by atoms with Gasteiger partial charge in [-0.15, -0.1) is 0 Å². The maximum atomic E-state index is 11.8. The van der Waals surface area contributed by atoms with Crippen LogP contribution in [0, 0.1) is 5.92 Å². The monoisotopic (exact) mass is 343 g/mol. The number of halogens is 1. The molecule has 1 aromatic rings. The lowest BCUT2D eigenvalue weighted by Crippen LogP contribution is -2.49. The molecule has 0 heterocycles. The van der Waals surface area contributed by atoms with Crippen molar-refractivity contribution in [3.63, 3.8) is 0 Å². The second-order valence-electron chi connectivity index (χ2n) is 4.03. The molecule has 0 fully saturated rings. The van der Waals surface area contributed by atoms with E-state index in [4.69, 9.17) is 12.2 Å². The van der Waals surface area contributed by atoms with E-state index in [0.717, 1.165) is 0 Å². The van der Waals surface area contributed by atoms with Crippen molar-refractivity contribution in [2.75, 3.05) is 0 Å². The van der Waals surface area contributed by atoms with Crippen LogP contribution in [0.15, 0.2) is 28.7 Å². The summed E-state index contributed by atoms with van der Waals surface area (Å²) in [5.74, 6) is -0.750. The zero-order valence-electron chi connectivity index (χ0n) is 10.5. The van der Waals surface area contributed by atoms with Crippen LogP contribution in [0.5, 0.6) is 0 Å². The molecule has 102 valence electrons. The van der Waals surface area contributed by atoms with Crippen LogP contribution in [0.3, 0.4) is 0 Å².